The Hall–Kier alpha value is -2.65. The van der Waals surface area contributed by atoms with Gasteiger partial charge < -0.3 is 15.4 Å². The van der Waals surface area contributed by atoms with Gasteiger partial charge in [0.15, 0.2) is 0 Å². The molecule has 1 aliphatic rings. The minimum atomic E-state index is -4.06. The molecule has 0 radical (unpaired) electrons. The Bertz CT molecular complexity index is 1140. The first kappa shape index (κ1) is 24.0. The number of aromatic nitrogens is 1. The summed E-state index contributed by atoms with van der Waals surface area (Å²) in [5, 5.41) is 6.84. The maximum absolute atomic E-state index is 13.9. The Morgan fingerprint density at radius 3 is 2.34 bits per heavy atom. The maximum Gasteiger partial charge on any atom is 0.268 e. The van der Waals surface area contributed by atoms with E-state index in [1.54, 1.807) is 18.2 Å². The van der Waals surface area contributed by atoms with Crippen LogP contribution in [0.5, 0.6) is 5.75 Å². The predicted octanol–water partition coefficient (Wildman–Crippen LogP) is 5.01. The summed E-state index contributed by atoms with van der Waals surface area (Å²) in [5.41, 5.74) is 0.442. The second-order valence-corrected chi connectivity index (χ2v) is 9.04. The van der Waals surface area contributed by atoms with E-state index in [0.29, 0.717) is 11.4 Å². The zero-order chi connectivity index (χ0) is 23.3. The van der Waals surface area contributed by atoms with Gasteiger partial charge in [0.05, 0.1) is 17.5 Å². The van der Waals surface area contributed by atoms with E-state index in [2.05, 4.69) is 10.6 Å². The highest BCUT2D eigenvalue weighted by Gasteiger charge is 2.26. The molecular weight excluding hydrogens is 436 g/mol. The lowest BCUT2D eigenvalue weighted by Gasteiger charge is -2.25. The minimum Gasteiger partial charge on any atom is -0.497 e. The maximum atomic E-state index is 13.9. The molecule has 1 aliphatic heterocycles. The normalized spacial score (nSPS) is 14.8. The number of piperidine rings is 1. The van der Waals surface area contributed by atoms with Crippen LogP contribution in [0.4, 0.5) is 14.5 Å². The third-order valence-corrected chi connectivity index (χ3v) is 7.06. The van der Waals surface area contributed by atoms with Crippen molar-refractivity contribution in [2.24, 2.45) is 0 Å². The minimum absolute atomic E-state index is 0.00210. The summed E-state index contributed by atoms with van der Waals surface area (Å²) in [4.78, 5) is -0.00210. The topological polar surface area (TPSA) is 72.4 Å². The number of halogens is 2. The molecule has 2 aromatic carbocycles. The molecular formula is C23H29F2N3O3S. The highest BCUT2D eigenvalue weighted by molar-refractivity contribution is 7.90. The van der Waals surface area contributed by atoms with Crippen LogP contribution in [-0.2, 0) is 10.0 Å². The second-order valence-electron chi connectivity index (χ2n) is 7.23. The summed E-state index contributed by atoms with van der Waals surface area (Å²) in [6.07, 6.45) is -0.0465. The van der Waals surface area contributed by atoms with E-state index in [0.717, 1.165) is 36.1 Å². The monoisotopic (exact) mass is 465 g/mol. The molecule has 6 nitrogen and oxygen atoms in total. The van der Waals surface area contributed by atoms with Crippen molar-refractivity contribution >= 4 is 26.6 Å². The molecule has 32 heavy (non-hydrogen) atoms. The molecule has 0 aliphatic carbocycles. The van der Waals surface area contributed by atoms with Gasteiger partial charge in [0.1, 0.15) is 5.75 Å². The lowest BCUT2D eigenvalue weighted by atomic mass is 10.0. The Kier molecular flexibility index (Phi) is 7.73. The fraction of sp³-hybridized carbons (Fsp3) is 0.391. The van der Waals surface area contributed by atoms with Gasteiger partial charge in [-0.15, -0.1) is 0 Å². The van der Waals surface area contributed by atoms with Crippen LogP contribution in [0.3, 0.4) is 0 Å². The van der Waals surface area contributed by atoms with Gasteiger partial charge in [-0.05, 0) is 62.3 Å². The van der Waals surface area contributed by atoms with Crippen molar-refractivity contribution in [2.75, 3.05) is 25.5 Å². The van der Waals surface area contributed by atoms with E-state index in [1.807, 2.05) is 13.8 Å². The lowest BCUT2D eigenvalue weighted by molar-refractivity contribution is 0.153. The molecule has 1 fully saturated rings. The van der Waals surface area contributed by atoms with Gasteiger partial charge in [-0.1, -0.05) is 19.9 Å². The van der Waals surface area contributed by atoms with Gasteiger partial charge in [-0.3, -0.25) is 0 Å². The number of fused-ring (bicyclic) bond motifs is 1. The molecule has 0 atom stereocenters. The molecule has 2 N–H and O–H groups in total. The largest absolute Gasteiger partial charge is 0.497 e. The molecule has 3 aromatic rings. The SMILES string of the molecule is CC.COc1ccc(S(=O)(=O)n2cc(C(F)F)c3c(NC4CCNCC4)cccc32)cc1. The number of nitrogens with zero attached hydrogens (tertiary/aromatic N) is 1. The van der Waals surface area contributed by atoms with E-state index < -0.39 is 16.4 Å². The quantitative estimate of drug-likeness (QED) is 0.535. The first-order chi connectivity index (χ1) is 15.4. The number of hydrogen-bond donors (Lipinski definition) is 2. The summed E-state index contributed by atoms with van der Waals surface area (Å²) in [6, 6.07) is 11.0. The number of benzene rings is 2. The second kappa shape index (κ2) is 10.3. The molecule has 4 rings (SSSR count). The summed E-state index contributed by atoms with van der Waals surface area (Å²) >= 11 is 0. The molecule has 2 heterocycles. The van der Waals surface area contributed by atoms with Crippen LogP contribution in [0.2, 0.25) is 0 Å². The van der Waals surface area contributed by atoms with Gasteiger partial charge in [0, 0.05) is 28.9 Å². The number of anilines is 1. The lowest BCUT2D eigenvalue weighted by Crippen LogP contribution is -2.35. The molecule has 1 aromatic heterocycles. The number of ether oxygens (including phenoxy) is 1. The zero-order valence-corrected chi connectivity index (χ0v) is 19.3. The molecule has 174 valence electrons. The molecule has 0 spiro atoms. The van der Waals surface area contributed by atoms with Crippen LogP contribution < -0.4 is 15.4 Å². The van der Waals surface area contributed by atoms with Gasteiger partial charge in [-0.2, -0.15) is 0 Å². The van der Waals surface area contributed by atoms with E-state index >= 15 is 0 Å². The van der Waals surface area contributed by atoms with Gasteiger partial charge in [0.25, 0.3) is 16.4 Å². The fourth-order valence-electron chi connectivity index (χ4n) is 3.82. The van der Waals surface area contributed by atoms with Crippen LogP contribution in [0.15, 0.2) is 53.6 Å². The Morgan fingerprint density at radius 1 is 1.09 bits per heavy atom. The highest BCUT2D eigenvalue weighted by atomic mass is 32.2. The molecule has 0 saturated carbocycles. The van der Waals surface area contributed by atoms with Gasteiger partial charge in [0.2, 0.25) is 0 Å². The van der Waals surface area contributed by atoms with Crippen LogP contribution in [-0.4, -0.2) is 38.6 Å². The molecule has 1 saturated heterocycles. The smallest absolute Gasteiger partial charge is 0.268 e. The van der Waals surface area contributed by atoms with Gasteiger partial charge in [-0.25, -0.2) is 21.2 Å². The first-order valence-corrected chi connectivity index (χ1v) is 12.1. The summed E-state index contributed by atoms with van der Waals surface area (Å²) < 4.78 is 60.3. The first-order valence-electron chi connectivity index (χ1n) is 10.7. The van der Waals surface area contributed by atoms with Crippen molar-refractivity contribution in [1.29, 1.82) is 0 Å². The van der Waals surface area contributed by atoms with Gasteiger partial charge >= 0.3 is 0 Å². The van der Waals surface area contributed by atoms with Crippen molar-refractivity contribution in [3.05, 3.63) is 54.2 Å². The average molecular weight is 466 g/mol. The standard InChI is InChI=1S/C21H23F2N3O3S.C2H6/c1-29-15-5-7-16(8-6-15)30(27,28)26-13-17(21(22)23)20-18(3-2-4-19(20)26)25-14-9-11-24-12-10-14;1-2/h2-8,13-14,21,24-25H,9-12H2,1H3;1-2H3. The van der Waals surface area contributed by atoms with E-state index in [-0.39, 0.29) is 27.4 Å². The Balaban J connectivity index is 0.00000141. The van der Waals surface area contributed by atoms with Crippen molar-refractivity contribution in [3.8, 4) is 5.75 Å². The number of alkyl halides is 2. The predicted molar refractivity (Wildman–Crippen MR) is 123 cm³/mol. The number of methoxy groups -OCH3 is 1. The summed E-state index contributed by atoms with van der Waals surface area (Å²) in [6.45, 7) is 5.70. The van der Waals surface area contributed by atoms with Crippen molar-refractivity contribution in [3.63, 3.8) is 0 Å². The Morgan fingerprint density at radius 2 is 1.75 bits per heavy atom. The van der Waals surface area contributed by atoms with Crippen LogP contribution in [0, 0.1) is 0 Å². The van der Waals surface area contributed by atoms with E-state index in [1.165, 1.54) is 31.4 Å². The van der Waals surface area contributed by atoms with Crippen molar-refractivity contribution in [1.82, 2.24) is 9.29 Å². The average Bonchev–Trinajstić information content (AvgIpc) is 3.23. The van der Waals surface area contributed by atoms with E-state index in [9.17, 15) is 17.2 Å². The fourth-order valence-corrected chi connectivity index (χ4v) is 5.19. The van der Waals surface area contributed by atoms with E-state index in [4.69, 9.17) is 4.74 Å². The number of rotatable bonds is 6. The molecule has 0 unspecified atom stereocenters. The third kappa shape index (κ3) is 4.73. The molecule has 0 amide bonds. The number of nitrogens with one attached hydrogen (secondary N) is 2. The van der Waals surface area contributed by atoms with Crippen LogP contribution >= 0.6 is 0 Å². The third-order valence-electron chi connectivity index (χ3n) is 5.38. The molecule has 9 heteroatoms. The highest BCUT2D eigenvalue weighted by Crippen LogP contribution is 2.37. The summed E-state index contributed by atoms with van der Waals surface area (Å²) in [5.74, 6) is 0.507. The molecule has 0 bridgehead atoms. The zero-order valence-electron chi connectivity index (χ0n) is 18.4. The van der Waals surface area contributed by atoms with Crippen LogP contribution in [0.1, 0.15) is 38.7 Å². The number of hydrogen-bond acceptors (Lipinski definition) is 5. The Labute approximate surface area is 187 Å². The van der Waals surface area contributed by atoms with Crippen molar-refractivity contribution < 1.29 is 21.9 Å². The summed E-state index contributed by atoms with van der Waals surface area (Å²) in [7, 11) is -2.58. The van der Waals surface area contributed by atoms with Crippen molar-refractivity contribution in [2.45, 2.75) is 44.1 Å². The van der Waals surface area contributed by atoms with Crippen LogP contribution in [0.25, 0.3) is 10.9 Å².